The van der Waals surface area contributed by atoms with Gasteiger partial charge in [0, 0.05) is 0 Å². The SMILES string of the molecule is O[C@H]1[C@H](NCCCc2ccccc2)[C@H]2CO[C@H](O2)[C@@H]1n1cncn1. The van der Waals surface area contributed by atoms with Crippen LogP contribution < -0.4 is 5.32 Å². The molecule has 7 nitrogen and oxygen atoms in total. The minimum atomic E-state index is -0.630. The zero-order valence-electron chi connectivity index (χ0n) is 13.4. The molecule has 2 saturated heterocycles. The first-order valence-electron chi connectivity index (χ1n) is 8.39. The van der Waals surface area contributed by atoms with Gasteiger partial charge in [-0.1, -0.05) is 30.3 Å². The molecular weight excluding hydrogens is 308 g/mol. The molecule has 0 amide bonds. The normalized spacial score (nSPS) is 32.1. The van der Waals surface area contributed by atoms with Crippen LogP contribution in [0.1, 0.15) is 18.0 Å². The molecule has 2 fully saturated rings. The summed E-state index contributed by atoms with van der Waals surface area (Å²) in [7, 11) is 0. The fraction of sp³-hybridized carbons (Fsp3) is 0.529. The molecule has 2 N–H and O–H groups in total. The van der Waals surface area contributed by atoms with Crippen molar-refractivity contribution in [1.82, 2.24) is 20.1 Å². The molecular formula is C17H22N4O3. The summed E-state index contributed by atoms with van der Waals surface area (Å²) in [6.07, 6.45) is 3.83. The Bertz CT molecular complexity index is 637. The first-order chi connectivity index (χ1) is 11.8. The Morgan fingerprint density at radius 1 is 1.29 bits per heavy atom. The topological polar surface area (TPSA) is 81.4 Å². The summed E-state index contributed by atoms with van der Waals surface area (Å²) in [5.74, 6) is 0. The number of nitrogens with one attached hydrogen (secondary N) is 1. The van der Waals surface area contributed by atoms with E-state index in [0.29, 0.717) is 6.61 Å². The largest absolute Gasteiger partial charge is 0.389 e. The highest BCUT2D eigenvalue weighted by Crippen LogP contribution is 2.35. The molecule has 2 bridgehead atoms. The van der Waals surface area contributed by atoms with Crippen molar-refractivity contribution < 1.29 is 14.6 Å². The maximum absolute atomic E-state index is 10.8. The molecule has 0 aliphatic carbocycles. The number of aliphatic hydroxyl groups excluding tert-OH is 1. The summed E-state index contributed by atoms with van der Waals surface area (Å²) in [5, 5.41) is 18.4. The minimum Gasteiger partial charge on any atom is -0.389 e. The third-order valence-electron chi connectivity index (χ3n) is 4.74. The van der Waals surface area contributed by atoms with Crippen LogP contribution in [0.3, 0.4) is 0 Å². The molecule has 3 heterocycles. The predicted molar refractivity (Wildman–Crippen MR) is 86.2 cm³/mol. The molecule has 1 aromatic heterocycles. The molecule has 128 valence electrons. The van der Waals surface area contributed by atoms with Crippen molar-refractivity contribution >= 4 is 0 Å². The van der Waals surface area contributed by atoms with Gasteiger partial charge >= 0.3 is 0 Å². The molecule has 24 heavy (non-hydrogen) atoms. The maximum atomic E-state index is 10.8. The monoisotopic (exact) mass is 330 g/mol. The summed E-state index contributed by atoms with van der Waals surface area (Å²) >= 11 is 0. The highest BCUT2D eigenvalue weighted by atomic mass is 16.7. The Labute approximate surface area is 140 Å². The van der Waals surface area contributed by atoms with E-state index >= 15 is 0 Å². The zero-order chi connectivity index (χ0) is 16.4. The fourth-order valence-corrected chi connectivity index (χ4v) is 3.51. The lowest BCUT2D eigenvalue weighted by Crippen LogP contribution is -2.57. The molecule has 7 heteroatoms. The van der Waals surface area contributed by atoms with Gasteiger partial charge in [0.2, 0.25) is 0 Å². The van der Waals surface area contributed by atoms with Crippen LogP contribution in [0.4, 0.5) is 0 Å². The van der Waals surface area contributed by atoms with E-state index in [-0.39, 0.29) is 18.2 Å². The van der Waals surface area contributed by atoms with E-state index < -0.39 is 12.4 Å². The Hall–Kier alpha value is -1.80. The number of aliphatic hydroxyl groups is 1. The van der Waals surface area contributed by atoms with Crippen molar-refractivity contribution in [3.8, 4) is 0 Å². The first-order valence-corrected chi connectivity index (χ1v) is 8.39. The Kier molecular flexibility index (Phi) is 4.57. The van der Waals surface area contributed by atoms with Gasteiger partial charge in [0.25, 0.3) is 0 Å². The van der Waals surface area contributed by atoms with Crippen LogP contribution in [-0.4, -0.2) is 57.6 Å². The number of benzene rings is 1. The lowest BCUT2D eigenvalue weighted by molar-refractivity contribution is -0.168. The third kappa shape index (κ3) is 3.08. The summed E-state index contributed by atoms with van der Waals surface area (Å²) in [6.45, 7) is 1.30. The van der Waals surface area contributed by atoms with Crippen LogP contribution in [-0.2, 0) is 15.9 Å². The number of aryl methyl sites for hydroxylation is 1. The average molecular weight is 330 g/mol. The van der Waals surface area contributed by atoms with Gasteiger partial charge in [-0.15, -0.1) is 0 Å². The van der Waals surface area contributed by atoms with Crippen molar-refractivity contribution in [3.63, 3.8) is 0 Å². The van der Waals surface area contributed by atoms with E-state index in [2.05, 4.69) is 39.7 Å². The van der Waals surface area contributed by atoms with Crippen LogP contribution >= 0.6 is 0 Å². The van der Waals surface area contributed by atoms with Gasteiger partial charge in [-0.25, -0.2) is 9.67 Å². The smallest absolute Gasteiger partial charge is 0.183 e. The van der Waals surface area contributed by atoms with Gasteiger partial charge in [0.15, 0.2) is 6.29 Å². The second kappa shape index (κ2) is 6.98. The van der Waals surface area contributed by atoms with Crippen molar-refractivity contribution in [2.75, 3.05) is 13.2 Å². The molecule has 5 atom stereocenters. The van der Waals surface area contributed by atoms with Gasteiger partial charge in [-0.2, -0.15) is 5.10 Å². The summed E-state index contributed by atoms with van der Waals surface area (Å²) in [5.41, 5.74) is 1.32. The number of ether oxygens (including phenoxy) is 2. The van der Waals surface area contributed by atoms with Crippen molar-refractivity contribution in [2.45, 2.75) is 43.4 Å². The molecule has 1 aromatic carbocycles. The highest BCUT2D eigenvalue weighted by Gasteiger charge is 2.51. The molecule has 0 saturated carbocycles. The van der Waals surface area contributed by atoms with E-state index in [0.717, 1.165) is 19.4 Å². The van der Waals surface area contributed by atoms with Crippen LogP contribution in [0.5, 0.6) is 0 Å². The minimum absolute atomic E-state index is 0.124. The number of hydrogen-bond acceptors (Lipinski definition) is 6. The Balaban J connectivity index is 1.36. The predicted octanol–water partition coefficient (Wildman–Crippen LogP) is 0.526. The second-order valence-corrected chi connectivity index (χ2v) is 6.30. The third-order valence-corrected chi connectivity index (χ3v) is 4.74. The fourth-order valence-electron chi connectivity index (χ4n) is 3.51. The molecule has 2 aliphatic rings. The molecule has 0 spiro atoms. The van der Waals surface area contributed by atoms with E-state index in [9.17, 15) is 5.11 Å². The number of hydrogen-bond donors (Lipinski definition) is 2. The summed E-state index contributed by atoms with van der Waals surface area (Å²) in [6, 6.07) is 9.86. The highest BCUT2D eigenvalue weighted by molar-refractivity contribution is 5.14. The van der Waals surface area contributed by atoms with Gasteiger partial charge < -0.3 is 19.9 Å². The van der Waals surface area contributed by atoms with E-state index in [4.69, 9.17) is 9.47 Å². The number of nitrogens with zero attached hydrogens (tertiary/aromatic N) is 3. The van der Waals surface area contributed by atoms with Gasteiger partial charge in [0.05, 0.1) is 18.8 Å². The zero-order valence-corrected chi connectivity index (χ0v) is 13.4. The van der Waals surface area contributed by atoms with E-state index in [1.165, 1.54) is 11.9 Å². The molecule has 4 rings (SSSR count). The first kappa shape index (κ1) is 15.7. The van der Waals surface area contributed by atoms with Crippen LogP contribution in [0, 0.1) is 0 Å². The number of aromatic nitrogens is 3. The van der Waals surface area contributed by atoms with Crippen LogP contribution in [0.2, 0.25) is 0 Å². The molecule has 0 radical (unpaired) electrons. The molecule has 2 aromatic rings. The molecule has 2 aliphatic heterocycles. The number of fused-ring (bicyclic) bond motifs is 2. The van der Waals surface area contributed by atoms with Crippen LogP contribution in [0.15, 0.2) is 43.0 Å². The Morgan fingerprint density at radius 3 is 2.96 bits per heavy atom. The maximum Gasteiger partial charge on any atom is 0.183 e. The van der Waals surface area contributed by atoms with Gasteiger partial charge in [-0.3, -0.25) is 0 Å². The summed E-state index contributed by atoms with van der Waals surface area (Å²) < 4.78 is 13.2. The Morgan fingerprint density at radius 2 is 2.17 bits per heavy atom. The number of rotatable bonds is 6. The second-order valence-electron chi connectivity index (χ2n) is 6.30. The van der Waals surface area contributed by atoms with E-state index in [1.54, 1.807) is 11.0 Å². The molecule has 0 unspecified atom stereocenters. The van der Waals surface area contributed by atoms with E-state index in [1.807, 2.05) is 6.07 Å². The lowest BCUT2D eigenvalue weighted by Gasteiger charge is -2.38. The van der Waals surface area contributed by atoms with Crippen LogP contribution in [0.25, 0.3) is 0 Å². The average Bonchev–Trinajstić information content (AvgIpc) is 3.27. The van der Waals surface area contributed by atoms with Gasteiger partial charge in [-0.05, 0) is 24.9 Å². The van der Waals surface area contributed by atoms with Gasteiger partial charge in [0.1, 0.15) is 24.8 Å². The van der Waals surface area contributed by atoms with Crippen molar-refractivity contribution in [2.24, 2.45) is 0 Å². The van der Waals surface area contributed by atoms with Crippen molar-refractivity contribution in [3.05, 3.63) is 48.5 Å². The standard InChI is InChI=1S/C17H22N4O3/c22-16-14(19-8-4-7-12-5-2-1-3-6-12)13-9-23-17(24-13)15(16)21-11-18-10-20-21/h1-3,5-6,10-11,13-17,19,22H,4,7-9H2/t13-,14-,15-,16+,17-/m1/s1. The van der Waals surface area contributed by atoms with Crippen molar-refractivity contribution in [1.29, 1.82) is 0 Å². The lowest BCUT2D eigenvalue weighted by atomic mass is 9.96. The quantitative estimate of drug-likeness (QED) is 0.752. The summed E-state index contributed by atoms with van der Waals surface area (Å²) in [4.78, 5) is 3.96.